The first kappa shape index (κ1) is 19.3. The summed E-state index contributed by atoms with van der Waals surface area (Å²) in [7, 11) is 6.13. The molecule has 5 heteroatoms. The summed E-state index contributed by atoms with van der Waals surface area (Å²) in [5.41, 5.74) is 2.66. The molecule has 2 aromatic rings. The average Bonchev–Trinajstić information content (AvgIpc) is 2.40. The van der Waals surface area contributed by atoms with E-state index in [0.717, 1.165) is 13.1 Å². The Morgan fingerprint density at radius 2 is 1.16 bits per heavy atom. The Morgan fingerprint density at radius 1 is 0.789 bits per heavy atom. The van der Waals surface area contributed by atoms with Crippen LogP contribution in [0.25, 0.3) is 0 Å². The summed E-state index contributed by atoms with van der Waals surface area (Å²) in [6, 6.07) is 21.0. The Balaban J connectivity index is 0.00000162. The molecule has 0 aromatic heterocycles. The quantitative estimate of drug-likeness (QED) is 0.550. The minimum absolute atomic E-state index is 0. The van der Waals surface area contributed by atoms with Crippen molar-refractivity contribution in [2.24, 2.45) is 0 Å². The predicted molar refractivity (Wildman–Crippen MR) is 73.7 cm³/mol. The molecule has 0 bridgehead atoms. The Morgan fingerprint density at radius 3 is 1.47 bits per heavy atom. The fraction of sp³-hybridized carbons (Fsp3) is 0.143. The van der Waals surface area contributed by atoms with E-state index in [-0.39, 0.29) is 31.3 Å². The number of halogens is 2. The third kappa shape index (κ3) is 7.06. The second kappa shape index (κ2) is 11.1. The zero-order chi connectivity index (χ0) is 11.9. The van der Waals surface area contributed by atoms with Gasteiger partial charge in [-0.05, 0) is 24.2 Å². The van der Waals surface area contributed by atoms with Crippen LogP contribution in [0.1, 0.15) is 11.1 Å². The molecule has 0 atom stereocenters. The molecule has 0 fully saturated rings. The van der Waals surface area contributed by atoms with Crippen LogP contribution in [0.5, 0.6) is 0 Å². The Kier molecular flexibility index (Phi) is 11.3. The van der Waals surface area contributed by atoms with Gasteiger partial charge < -0.3 is 24.7 Å². The molecule has 0 aliphatic rings. The van der Waals surface area contributed by atoms with Crippen LogP contribution in [0.2, 0.25) is 0 Å². The van der Waals surface area contributed by atoms with Crippen LogP contribution in [0.15, 0.2) is 60.7 Å². The van der Waals surface area contributed by atoms with Crippen LogP contribution < -0.4 is 31.3 Å². The zero-order valence-electron chi connectivity index (χ0n) is 11.1. The van der Waals surface area contributed by atoms with Crippen molar-refractivity contribution in [2.45, 2.75) is 13.1 Å². The maximum absolute atomic E-state index is 6.13. The summed E-state index contributed by atoms with van der Waals surface area (Å²) in [4.78, 5) is 0. The van der Waals surface area contributed by atoms with Gasteiger partial charge in [-0.3, -0.25) is 0 Å². The van der Waals surface area contributed by atoms with E-state index in [9.17, 15) is 0 Å². The second-order valence-electron chi connectivity index (χ2n) is 4.08. The molecule has 0 aliphatic heterocycles. The van der Waals surface area contributed by atoms with Gasteiger partial charge in [0.15, 0.2) is 0 Å². The molecule has 0 saturated carbocycles. The number of hydrogen-bond acceptors (Lipinski definition) is 1. The van der Waals surface area contributed by atoms with Gasteiger partial charge in [-0.2, -0.15) is 0 Å². The first-order valence-corrected chi connectivity index (χ1v) is 8.51. The molecule has 0 aliphatic carbocycles. The van der Waals surface area contributed by atoms with Gasteiger partial charge in [0.25, 0.3) is 0 Å². The standard InChI is InChI=1S/C14H14N.2ClH.Li.Mg/c1-3-7-13(8-4-1)11-15-12-14-9-5-2-6-10-14;;;;/h1-10H,11-12H2;2*1H;;/q-1;;;+1;+2/p-2. The predicted octanol–water partition coefficient (Wildman–Crippen LogP) is -2.53. The smallest absolute Gasteiger partial charge is 1.00 e. The average molecular weight is 298 g/mol. The first-order chi connectivity index (χ1) is 8.38. The number of nitrogens with zero attached hydrogens (tertiary/aromatic N) is 1. The monoisotopic (exact) mass is 297 g/mol. The van der Waals surface area contributed by atoms with Crippen molar-refractivity contribution in [1.29, 1.82) is 0 Å². The van der Waals surface area contributed by atoms with Gasteiger partial charge in [-0.1, -0.05) is 60.7 Å². The van der Waals surface area contributed by atoms with Crippen molar-refractivity contribution < 1.29 is 31.3 Å². The Hall–Kier alpha value is 0.344. The molecule has 92 valence electrons. The van der Waals surface area contributed by atoms with Crippen LogP contribution in [-0.4, -0.2) is 22.8 Å². The van der Waals surface area contributed by atoms with E-state index in [1.165, 1.54) is 11.1 Å². The Bertz CT molecular complexity index is 400. The molecule has 0 N–H and O–H groups in total. The molecule has 2 aromatic carbocycles. The summed E-state index contributed by atoms with van der Waals surface area (Å²) in [6.45, 7) is 1.90. The van der Waals surface area contributed by atoms with Crippen LogP contribution in [0.4, 0.5) is 0 Å². The van der Waals surface area contributed by atoms with Crippen molar-refractivity contribution in [3.63, 3.8) is 0 Å². The van der Waals surface area contributed by atoms with E-state index < -0.39 is 19.5 Å². The maximum Gasteiger partial charge on any atom is 1.00 e. The molecular weight excluding hydrogens is 284 g/mol. The normalized spacial score (nSPS) is 9.16. The first-order valence-electron chi connectivity index (χ1n) is 5.74. The van der Waals surface area contributed by atoms with Crippen molar-refractivity contribution in [1.82, 2.24) is 3.22 Å². The van der Waals surface area contributed by atoms with Crippen molar-refractivity contribution in [3.8, 4) is 0 Å². The fourth-order valence-electron chi connectivity index (χ4n) is 1.82. The van der Waals surface area contributed by atoms with E-state index in [4.69, 9.17) is 9.07 Å². The molecule has 1 nitrogen and oxygen atoms in total. The van der Waals surface area contributed by atoms with Crippen LogP contribution in [0, 0.1) is 0 Å². The summed E-state index contributed by atoms with van der Waals surface area (Å²) < 4.78 is 2.35. The third-order valence-electron chi connectivity index (χ3n) is 2.67. The number of rotatable bonds is 5. The van der Waals surface area contributed by atoms with Crippen molar-refractivity contribution >= 4 is 28.6 Å². The van der Waals surface area contributed by atoms with E-state index in [1.54, 1.807) is 0 Å². The molecule has 0 spiro atoms. The van der Waals surface area contributed by atoms with Crippen molar-refractivity contribution in [3.05, 3.63) is 71.8 Å². The van der Waals surface area contributed by atoms with Gasteiger partial charge in [-0.25, -0.2) is 0 Å². The van der Waals surface area contributed by atoms with Crippen molar-refractivity contribution in [2.75, 3.05) is 0 Å². The Labute approximate surface area is 147 Å². The van der Waals surface area contributed by atoms with Gasteiger partial charge in [0.2, 0.25) is 0 Å². The molecule has 19 heavy (non-hydrogen) atoms. The van der Waals surface area contributed by atoms with Gasteiger partial charge >= 0.3 is 38.4 Å². The van der Waals surface area contributed by atoms with Crippen LogP contribution in [-0.2, 0) is 13.1 Å². The van der Waals surface area contributed by atoms with Gasteiger partial charge in [0.05, 0.1) is 0 Å². The molecule has 2 rings (SSSR count). The largest absolute Gasteiger partial charge is 1.00 e. The minimum Gasteiger partial charge on any atom is -1.00 e. The maximum atomic E-state index is 6.13. The van der Waals surface area contributed by atoms with E-state index in [2.05, 4.69) is 51.8 Å². The van der Waals surface area contributed by atoms with Gasteiger partial charge in [0, 0.05) is 0 Å². The number of hydrogen-bond donors (Lipinski definition) is 0. The van der Waals surface area contributed by atoms with E-state index in [1.807, 2.05) is 12.1 Å². The van der Waals surface area contributed by atoms with Crippen LogP contribution >= 0.6 is 9.07 Å². The summed E-state index contributed by atoms with van der Waals surface area (Å²) in [5, 5.41) is 0. The molecule has 0 unspecified atom stereocenters. The summed E-state index contributed by atoms with van der Waals surface area (Å²) in [5.74, 6) is 0. The summed E-state index contributed by atoms with van der Waals surface area (Å²) >= 11 is -0.654. The fourth-order valence-corrected chi connectivity index (χ4v) is 3.02. The SMILES string of the molecule is [Cl-].[Cl][Mg][N](Cc1ccccc1)Cc1ccccc1.[Li+]. The zero-order valence-corrected chi connectivity index (χ0v) is 14.0. The third-order valence-corrected chi connectivity index (χ3v) is 4.47. The van der Waals surface area contributed by atoms with E-state index in [0.29, 0.717) is 0 Å². The number of benzene rings is 2. The van der Waals surface area contributed by atoms with Gasteiger partial charge in [-0.15, -0.1) is 0 Å². The molecule has 0 amide bonds. The topological polar surface area (TPSA) is 3.24 Å². The second-order valence-corrected chi connectivity index (χ2v) is 5.93. The minimum atomic E-state index is -0.654. The molecule has 0 radical (unpaired) electrons. The van der Waals surface area contributed by atoms with Gasteiger partial charge in [0.1, 0.15) is 0 Å². The molecule has 0 heterocycles. The summed E-state index contributed by atoms with van der Waals surface area (Å²) in [6.07, 6.45) is 0. The van der Waals surface area contributed by atoms with Crippen LogP contribution in [0.3, 0.4) is 0 Å². The molecule has 0 saturated heterocycles. The van der Waals surface area contributed by atoms with E-state index >= 15 is 0 Å². The molecular formula is C14H14Cl2LiMgN.